The van der Waals surface area contributed by atoms with Crippen LogP contribution in [0.4, 0.5) is 0 Å². The van der Waals surface area contributed by atoms with Crippen LogP contribution in [0, 0.1) is 0 Å². The van der Waals surface area contributed by atoms with Crippen LogP contribution >= 0.6 is 0 Å². The normalized spacial score (nSPS) is 16.7. The Bertz CT molecular complexity index is 689. The Labute approximate surface area is 142 Å². The molecule has 5 nitrogen and oxygen atoms in total. The number of hydrogen-bond acceptors (Lipinski definition) is 4. The summed E-state index contributed by atoms with van der Waals surface area (Å²) in [4.78, 5) is 24.2. The number of carbonyl (C=O) groups is 2. The second-order valence-electron chi connectivity index (χ2n) is 5.88. The maximum absolute atomic E-state index is 12.5. The number of ketones is 1. The van der Waals surface area contributed by atoms with Crippen LogP contribution in [0.2, 0.25) is 0 Å². The number of phenols is 1. The van der Waals surface area contributed by atoms with Gasteiger partial charge in [0.05, 0.1) is 12.7 Å². The minimum absolute atomic E-state index is 0.115. The van der Waals surface area contributed by atoms with Crippen LogP contribution in [0.3, 0.4) is 0 Å². The summed E-state index contributed by atoms with van der Waals surface area (Å²) in [5, 5.41) is 13.0. The molecule has 0 aliphatic carbocycles. The summed E-state index contributed by atoms with van der Waals surface area (Å²) in [5.41, 5.74) is 1.74. The Balaban J connectivity index is 2.37. The number of Topliss-reactive ketones (excluding diaryl/α,β-unsaturated/α-hetero) is 1. The second kappa shape index (κ2) is 8.34. The number of methoxy groups -OCH3 is 1. The van der Waals surface area contributed by atoms with Crippen molar-refractivity contribution in [3.05, 3.63) is 41.0 Å². The molecule has 0 aromatic heterocycles. The largest absolute Gasteiger partial charge is 0.507 e. The number of allylic oxidation sites excluding steroid dienone is 2. The number of carbonyl (C=O) groups excluding carboxylic acids is 2. The first-order chi connectivity index (χ1) is 11.5. The van der Waals surface area contributed by atoms with E-state index in [4.69, 9.17) is 4.74 Å². The first-order valence-electron chi connectivity index (χ1n) is 8.04. The molecular weight excluding hydrogens is 306 g/mol. The Morgan fingerprint density at radius 2 is 2.04 bits per heavy atom. The number of hydrogen-bond donors (Lipinski definition) is 2. The Morgan fingerprint density at radius 3 is 2.79 bits per heavy atom. The summed E-state index contributed by atoms with van der Waals surface area (Å²) in [6, 6.07) is 3.14. The lowest BCUT2D eigenvalue weighted by molar-refractivity contribution is -0.118. The van der Waals surface area contributed by atoms with Crippen molar-refractivity contribution in [2.45, 2.75) is 32.6 Å². The van der Waals surface area contributed by atoms with Gasteiger partial charge in [-0.05, 0) is 31.4 Å². The van der Waals surface area contributed by atoms with Crippen LogP contribution in [-0.2, 0) is 4.79 Å². The summed E-state index contributed by atoms with van der Waals surface area (Å²) in [6.07, 6.45) is 7.97. The molecule has 1 aromatic carbocycles. The molecule has 0 saturated carbocycles. The number of phenolic OH excluding ortho intramolecular Hbond substituents is 1. The van der Waals surface area contributed by atoms with Crippen molar-refractivity contribution in [2.75, 3.05) is 13.7 Å². The summed E-state index contributed by atoms with van der Waals surface area (Å²) < 4.78 is 5.16. The van der Waals surface area contributed by atoms with Crippen molar-refractivity contribution in [3.63, 3.8) is 0 Å². The third kappa shape index (κ3) is 4.72. The average molecular weight is 329 g/mol. The number of rotatable bonds is 1. The number of fused-ring (bicyclic) bond motifs is 1. The monoisotopic (exact) mass is 329 g/mol. The van der Waals surface area contributed by atoms with E-state index in [1.54, 1.807) is 12.1 Å². The van der Waals surface area contributed by atoms with E-state index in [0.29, 0.717) is 30.7 Å². The van der Waals surface area contributed by atoms with Crippen LogP contribution in [0.1, 0.15) is 48.5 Å². The maximum atomic E-state index is 12.5. The van der Waals surface area contributed by atoms with E-state index in [1.165, 1.54) is 13.2 Å². The minimum Gasteiger partial charge on any atom is -0.507 e. The third-order valence-corrected chi connectivity index (χ3v) is 3.91. The van der Waals surface area contributed by atoms with Crippen LogP contribution in [0.15, 0.2) is 29.9 Å². The molecule has 2 N–H and O–H groups in total. The maximum Gasteiger partial charge on any atom is 0.255 e. The standard InChI is InChI=1S/C19H23NO4/c1-13-8-9-15(21)7-5-3-4-6-14-10-16(24-2)11-17(22)18(14)19(23)20-12-13/h4,6,8,10-11,22H,3,5,7,9,12H2,1-2H3,(H,20,23). The van der Waals surface area contributed by atoms with Crippen molar-refractivity contribution in [3.8, 4) is 11.5 Å². The fourth-order valence-corrected chi connectivity index (χ4v) is 2.52. The van der Waals surface area contributed by atoms with Gasteiger partial charge in [-0.15, -0.1) is 0 Å². The highest BCUT2D eigenvalue weighted by Crippen LogP contribution is 2.29. The van der Waals surface area contributed by atoms with E-state index in [1.807, 2.05) is 19.1 Å². The predicted octanol–water partition coefficient (Wildman–Crippen LogP) is 3.23. The minimum atomic E-state index is -0.356. The molecule has 5 heteroatoms. The molecule has 1 aliphatic heterocycles. The lowest BCUT2D eigenvalue weighted by Gasteiger charge is -2.12. The molecule has 1 heterocycles. The predicted molar refractivity (Wildman–Crippen MR) is 93.3 cm³/mol. The molecule has 0 saturated heterocycles. The van der Waals surface area contributed by atoms with Gasteiger partial charge >= 0.3 is 0 Å². The molecule has 1 amide bonds. The smallest absolute Gasteiger partial charge is 0.255 e. The highest BCUT2D eigenvalue weighted by molar-refractivity contribution is 6.00. The van der Waals surface area contributed by atoms with E-state index in [0.717, 1.165) is 18.4 Å². The van der Waals surface area contributed by atoms with Gasteiger partial charge in [-0.25, -0.2) is 0 Å². The number of benzene rings is 1. The summed E-state index contributed by atoms with van der Waals surface area (Å²) in [5.74, 6) is 0.211. The van der Waals surface area contributed by atoms with E-state index in [9.17, 15) is 14.7 Å². The van der Waals surface area contributed by atoms with Crippen molar-refractivity contribution >= 4 is 17.8 Å². The SMILES string of the molecule is COc1cc(O)c2c(c1)C=CCCCC(=O)CC=C(C)CNC2=O. The molecule has 0 atom stereocenters. The van der Waals surface area contributed by atoms with Gasteiger partial charge in [0.25, 0.3) is 5.91 Å². The number of nitrogens with one attached hydrogen (secondary N) is 1. The third-order valence-electron chi connectivity index (χ3n) is 3.91. The van der Waals surface area contributed by atoms with Crippen LogP contribution < -0.4 is 10.1 Å². The molecule has 0 spiro atoms. The van der Waals surface area contributed by atoms with Gasteiger partial charge in [-0.2, -0.15) is 0 Å². The number of ether oxygens (including phenoxy) is 1. The number of amides is 1. The Morgan fingerprint density at radius 1 is 1.25 bits per heavy atom. The summed E-state index contributed by atoms with van der Waals surface area (Å²) >= 11 is 0. The molecule has 0 unspecified atom stereocenters. The van der Waals surface area contributed by atoms with Gasteiger partial charge in [-0.3, -0.25) is 9.59 Å². The Hall–Kier alpha value is -2.56. The molecule has 1 aromatic rings. The summed E-state index contributed by atoms with van der Waals surface area (Å²) in [7, 11) is 1.51. The van der Waals surface area contributed by atoms with Gasteiger partial charge in [0.15, 0.2) is 0 Å². The number of aromatic hydroxyl groups is 1. The fraction of sp³-hybridized carbons (Fsp3) is 0.368. The van der Waals surface area contributed by atoms with E-state index >= 15 is 0 Å². The zero-order valence-electron chi connectivity index (χ0n) is 14.1. The zero-order chi connectivity index (χ0) is 17.5. The second-order valence-corrected chi connectivity index (χ2v) is 5.88. The highest BCUT2D eigenvalue weighted by Gasteiger charge is 2.17. The molecule has 0 fully saturated rings. The van der Waals surface area contributed by atoms with Crippen LogP contribution in [-0.4, -0.2) is 30.5 Å². The summed E-state index contributed by atoms with van der Waals surface area (Å²) in [6.45, 7) is 2.20. The highest BCUT2D eigenvalue weighted by atomic mass is 16.5. The van der Waals surface area contributed by atoms with Gasteiger partial charge < -0.3 is 15.2 Å². The first kappa shape index (κ1) is 17.8. The lowest BCUT2D eigenvalue weighted by atomic mass is 10.0. The van der Waals surface area contributed by atoms with Crippen molar-refractivity contribution in [1.82, 2.24) is 5.32 Å². The first-order valence-corrected chi connectivity index (χ1v) is 8.04. The van der Waals surface area contributed by atoms with Gasteiger partial charge in [0, 0.05) is 25.5 Å². The molecule has 0 bridgehead atoms. The van der Waals surface area contributed by atoms with E-state index < -0.39 is 0 Å². The zero-order valence-corrected chi connectivity index (χ0v) is 14.1. The van der Waals surface area contributed by atoms with Crippen LogP contribution in [0.5, 0.6) is 11.5 Å². The topological polar surface area (TPSA) is 75.6 Å². The lowest BCUT2D eigenvalue weighted by Crippen LogP contribution is -2.26. The van der Waals surface area contributed by atoms with Crippen molar-refractivity contribution < 1.29 is 19.4 Å². The Kier molecular flexibility index (Phi) is 6.18. The van der Waals surface area contributed by atoms with Gasteiger partial charge in [0.1, 0.15) is 17.3 Å². The fourth-order valence-electron chi connectivity index (χ4n) is 2.52. The average Bonchev–Trinajstić information content (AvgIpc) is 2.56. The molecule has 1 aliphatic rings. The molecule has 2 rings (SSSR count). The molecular formula is C19H23NO4. The van der Waals surface area contributed by atoms with Gasteiger partial charge in [0.2, 0.25) is 0 Å². The molecule has 0 radical (unpaired) electrons. The van der Waals surface area contributed by atoms with Crippen molar-refractivity contribution in [2.24, 2.45) is 0 Å². The van der Waals surface area contributed by atoms with Crippen molar-refractivity contribution in [1.29, 1.82) is 0 Å². The molecule has 24 heavy (non-hydrogen) atoms. The van der Waals surface area contributed by atoms with E-state index in [2.05, 4.69) is 5.32 Å². The quantitative estimate of drug-likeness (QED) is 0.776. The van der Waals surface area contributed by atoms with E-state index in [-0.39, 0.29) is 23.0 Å². The molecule has 128 valence electrons. The van der Waals surface area contributed by atoms with Gasteiger partial charge in [-0.1, -0.05) is 23.8 Å². The van der Waals surface area contributed by atoms with Crippen LogP contribution in [0.25, 0.3) is 6.08 Å².